The van der Waals surface area contributed by atoms with Gasteiger partial charge in [0.2, 0.25) is 11.8 Å². The molecule has 36 heavy (non-hydrogen) atoms. The lowest BCUT2D eigenvalue weighted by Gasteiger charge is -2.30. The largest absolute Gasteiger partial charge is 0.328 e. The Hall–Kier alpha value is -3.55. The molecule has 0 aromatic heterocycles. The van der Waals surface area contributed by atoms with Gasteiger partial charge in [-0.05, 0) is 73.0 Å². The van der Waals surface area contributed by atoms with Gasteiger partial charge in [-0.2, -0.15) is 0 Å². The van der Waals surface area contributed by atoms with Crippen molar-refractivity contribution in [2.75, 3.05) is 18.0 Å². The molecular formula is C29H30N4O3. The van der Waals surface area contributed by atoms with Crippen molar-refractivity contribution in [3.63, 3.8) is 0 Å². The zero-order valence-corrected chi connectivity index (χ0v) is 20.2. The number of benzene rings is 3. The van der Waals surface area contributed by atoms with Crippen LogP contribution in [0.2, 0.25) is 0 Å². The van der Waals surface area contributed by atoms with Crippen LogP contribution in [-0.4, -0.2) is 47.8 Å². The highest BCUT2D eigenvalue weighted by molar-refractivity contribution is 6.27. The van der Waals surface area contributed by atoms with Gasteiger partial charge in [-0.25, -0.2) is 0 Å². The first kappa shape index (κ1) is 22.9. The molecule has 7 nitrogen and oxygen atoms in total. The Morgan fingerprint density at radius 1 is 0.889 bits per heavy atom. The van der Waals surface area contributed by atoms with E-state index in [0.717, 1.165) is 60.9 Å². The standard InChI is InChI=1S/C29H30N4O3/c30-21-12-14-32(15-13-21)17-19-6-4-18(5-7-19)16-20-8-9-24-27-22(20)2-1-3-23(27)29(36)33(24)25-10-11-26(34)31-28(25)35/h1-9,21,25H,10-17,30H2,(H,31,34,35). The molecule has 3 heterocycles. The van der Waals surface area contributed by atoms with Crippen molar-refractivity contribution >= 4 is 34.2 Å². The van der Waals surface area contributed by atoms with Crippen molar-refractivity contribution in [3.05, 3.63) is 76.9 Å². The second kappa shape index (κ2) is 9.15. The van der Waals surface area contributed by atoms with Gasteiger partial charge in [-0.3, -0.25) is 29.5 Å². The van der Waals surface area contributed by atoms with E-state index in [1.807, 2.05) is 24.3 Å². The Balaban J connectivity index is 1.25. The van der Waals surface area contributed by atoms with Crippen molar-refractivity contribution < 1.29 is 14.4 Å². The number of anilines is 1. The molecule has 2 fully saturated rings. The van der Waals surface area contributed by atoms with Gasteiger partial charge in [-0.15, -0.1) is 0 Å². The summed E-state index contributed by atoms with van der Waals surface area (Å²) in [5.41, 5.74) is 11.1. The van der Waals surface area contributed by atoms with Gasteiger partial charge in [-0.1, -0.05) is 42.5 Å². The van der Waals surface area contributed by atoms with Gasteiger partial charge in [0.1, 0.15) is 6.04 Å². The minimum atomic E-state index is -0.667. The van der Waals surface area contributed by atoms with Crippen molar-refractivity contribution in [1.82, 2.24) is 10.2 Å². The van der Waals surface area contributed by atoms with E-state index in [0.29, 0.717) is 18.0 Å². The molecule has 3 aliphatic heterocycles. The van der Waals surface area contributed by atoms with Crippen molar-refractivity contribution in [1.29, 1.82) is 0 Å². The van der Waals surface area contributed by atoms with Gasteiger partial charge >= 0.3 is 0 Å². The van der Waals surface area contributed by atoms with E-state index in [1.54, 1.807) is 4.90 Å². The Morgan fingerprint density at radius 2 is 1.64 bits per heavy atom. The number of nitrogens with one attached hydrogen (secondary N) is 1. The maximum Gasteiger partial charge on any atom is 0.259 e. The third kappa shape index (κ3) is 4.08. The summed E-state index contributed by atoms with van der Waals surface area (Å²) < 4.78 is 0. The highest BCUT2D eigenvalue weighted by Gasteiger charge is 2.40. The zero-order valence-electron chi connectivity index (χ0n) is 20.2. The van der Waals surface area contributed by atoms with Crippen LogP contribution in [0.1, 0.15) is 52.7 Å². The Labute approximate surface area is 210 Å². The fourth-order valence-electron chi connectivity index (χ4n) is 5.81. The number of hydrogen-bond acceptors (Lipinski definition) is 5. The number of carbonyl (C=O) groups excluding carboxylic acids is 3. The van der Waals surface area contributed by atoms with Crippen LogP contribution >= 0.6 is 0 Å². The smallest absolute Gasteiger partial charge is 0.259 e. The summed E-state index contributed by atoms with van der Waals surface area (Å²) in [6.07, 6.45) is 3.45. The van der Waals surface area contributed by atoms with Crippen LogP contribution in [0, 0.1) is 0 Å². The number of amides is 3. The van der Waals surface area contributed by atoms with Crippen LogP contribution < -0.4 is 16.0 Å². The first-order chi connectivity index (χ1) is 17.5. The van der Waals surface area contributed by atoms with E-state index in [1.165, 1.54) is 11.1 Å². The average molecular weight is 483 g/mol. The summed E-state index contributed by atoms with van der Waals surface area (Å²) in [5.74, 6) is -0.866. The predicted octanol–water partition coefficient (Wildman–Crippen LogP) is 3.12. The average Bonchev–Trinajstić information content (AvgIpc) is 3.16. The molecule has 6 rings (SSSR count). The van der Waals surface area contributed by atoms with Gasteiger partial charge in [0.25, 0.3) is 5.91 Å². The van der Waals surface area contributed by atoms with Gasteiger partial charge < -0.3 is 5.73 Å². The minimum absolute atomic E-state index is 0.176. The van der Waals surface area contributed by atoms with E-state index in [2.05, 4.69) is 40.5 Å². The minimum Gasteiger partial charge on any atom is -0.328 e. The van der Waals surface area contributed by atoms with Crippen LogP contribution in [0.15, 0.2) is 54.6 Å². The maximum absolute atomic E-state index is 13.3. The van der Waals surface area contributed by atoms with E-state index in [4.69, 9.17) is 5.73 Å². The third-order valence-electron chi connectivity index (χ3n) is 7.80. The predicted molar refractivity (Wildman–Crippen MR) is 139 cm³/mol. The molecule has 0 aliphatic carbocycles. The molecule has 7 heteroatoms. The highest BCUT2D eigenvalue weighted by atomic mass is 16.2. The van der Waals surface area contributed by atoms with Crippen molar-refractivity contribution in [3.8, 4) is 0 Å². The zero-order chi connectivity index (χ0) is 24.8. The summed E-state index contributed by atoms with van der Waals surface area (Å²) in [6.45, 7) is 3.06. The molecule has 3 aromatic carbocycles. The molecule has 1 unspecified atom stereocenters. The summed E-state index contributed by atoms with van der Waals surface area (Å²) >= 11 is 0. The first-order valence-corrected chi connectivity index (χ1v) is 12.8. The number of rotatable bonds is 5. The lowest BCUT2D eigenvalue weighted by molar-refractivity contribution is -0.134. The number of nitrogens with two attached hydrogens (primary N) is 1. The van der Waals surface area contributed by atoms with E-state index < -0.39 is 11.9 Å². The fourth-order valence-corrected chi connectivity index (χ4v) is 5.81. The topological polar surface area (TPSA) is 95.7 Å². The molecule has 184 valence electrons. The SMILES string of the molecule is NC1CCN(Cc2ccc(Cc3ccc4c5c(cccc35)C(=O)N4C3CCC(=O)NC3=O)cc2)CC1. The molecule has 0 bridgehead atoms. The van der Waals surface area contributed by atoms with Crippen LogP contribution in [0.4, 0.5) is 5.69 Å². The first-order valence-electron chi connectivity index (χ1n) is 12.8. The molecule has 0 spiro atoms. The quantitative estimate of drug-likeness (QED) is 0.545. The maximum atomic E-state index is 13.3. The van der Waals surface area contributed by atoms with Gasteiger partial charge in [0, 0.05) is 30.0 Å². The highest BCUT2D eigenvalue weighted by Crippen LogP contribution is 2.41. The molecule has 3 aromatic rings. The number of imide groups is 1. The normalized spacial score (nSPS) is 20.9. The molecule has 3 N–H and O–H groups in total. The Bertz CT molecular complexity index is 1360. The number of hydrogen-bond donors (Lipinski definition) is 2. The lowest BCUT2D eigenvalue weighted by atomic mass is 9.95. The number of nitrogens with zero attached hydrogens (tertiary/aromatic N) is 2. The molecule has 3 amide bonds. The molecule has 0 saturated carbocycles. The van der Waals surface area contributed by atoms with Crippen LogP contribution in [0.5, 0.6) is 0 Å². The number of carbonyl (C=O) groups is 3. The van der Waals surface area contributed by atoms with Gasteiger partial charge in [0.05, 0.1) is 5.69 Å². The molecule has 0 radical (unpaired) electrons. The molecule has 2 saturated heterocycles. The number of piperidine rings is 2. The van der Waals surface area contributed by atoms with Crippen LogP contribution in [0.25, 0.3) is 10.8 Å². The van der Waals surface area contributed by atoms with Crippen LogP contribution in [0.3, 0.4) is 0 Å². The van der Waals surface area contributed by atoms with Crippen molar-refractivity contribution in [2.45, 2.75) is 50.7 Å². The van der Waals surface area contributed by atoms with Crippen LogP contribution in [-0.2, 0) is 22.6 Å². The summed E-state index contributed by atoms with van der Waals surface area (Å²) in [5, 5.41) is 4.30. The Kier molecular flexibility index (Phi) is 5.82. The molecule has 1 atom stereocenters. The van der Waals surface area contributed by atoms with Gasteiger partial charge in [0.15, 0.2) is 0 Å². The fraction of sp³-hybridized carbons (Fsp3) is 0.345. The molecular weight excluding hydrogens is 452 g/mol. The van der Waals surface area contributed by atoms with E-state index in [-0.39, 0.29) is 18.2 Å². The van der Waals surface area contributed by atoms with E-state index >= 15 is 0 Å². The Morgan fingerprint density at radius 3 is 2.39 bits per heavy atom. The lowest BCUT2D eigenvalue weighted by Crippen LogP contribution is -2.53. The second-order valence-corrected chi connectivity index (χ2v) is 10.2. The monoisotopic (exact) mass is 482 g/mol. The third-order valence-corrected chi connectivity index (χ3v) is 7.80. The van der Waals surface area contributed by atoms with E-state index in [9.17, 15) is 14.4 Å². The summed E-state index contributed by atoms with van der Waals surface area (Å²) in [4.78, 5) is 41.6. The second-order valence-electron chi connectivity index (χ2n) is 10.2. The molecule has 3 aliphatic rings. The summed E-state index contributed by atoms with van der Waals surface area (Å²) in [6, 6.07) is 18.3. The van der Waals surface area contributed by atoms with Crippen molar-refractivity contribution in [2.24, 2.45) is 5.73 Å². The summed E-state index contributed by atoms with van der Waals surface area (Å²) in [7, 11) is 0. The number of likely N-dealkylation sites (tertiary alicyclic amines) is 1.